The highest BCUT2D eigenvalue weighted by molar-refractivity contribution is 5.85. The van der Waals surface area contributed by atoms with E-state index in [1.165, 1.54) is 0 Å². The lowest BCUT2D eigenvalue weighted by Gasteiger charge is -2.00. The lowest BCUT2D eigenvalue weighted by molar-refractivity contribution is 0.112. The number of hydrogen-bond acceptors (Lipinski definition) is 4. The van der Waals surface area contributed by atoms with Gasteiger partial charge in [0.25, 0.3) is 0 Å². The molecule has 0 spiro atoms. The zero-order valence-corrected chi connectivity index (χ0v) is 10.9. The van der Waals surface area contributed by atoms with Crippen molar-refractivity contribution in [1.82, 2.24) is 19.7 Å². The molecule has 0 saturated heterocycles. The van der Waals surface area contributed by atoms with Crippen molar-refractivity contribution >= 4 is 6.29 Å². The first-order valence-electron chi connectivity index (χ1n) is 6.15. The Morgan fingerprint density at radius 1 is 1.15 bits per heavy atom. The first kappa shape index (κ1) is 12.2. The zero-order valence-electron chi connectivity index (χ0n) is 10.9. The molecule has 0 aliphatic heterocycles. The highest BCUT2D eigenvalue weighted by atomic mass is 16.1. The summed E-state index contributed by atoms with van der Waals surface area (Å²) in [5, 5.41) is 4.48. The van der Waals surface area contributed by atoms with E-state index < -0.39 is 0 Å². The van der Waals surface area contributed by atoms with Gasteiger partial charge in [-0.15, -0.1) is 0 Å². The predicted octanol–water partition coefficient (Wildman–Crippen LogP) is 2.45. The van der Waals surface area contributed by atoms with Gasteiger partial charge in [-0.25, -0.2) is 4.68 Å². The van der Waals surface area contributed by atoms with Crippen molar-refractivity contribution < 1.29 is 4.79 Å². The maximum absolute atomic E-state index is 11.2. The summed E-state index contributed by atoms with van der Waals surface area (Å²) in [6.45, 7) is 1.96. The van der Waals surface area contributed by atoms with Gasteiger partial charge in [-0.3, -0.25) is 14.8 Å². The number of rotatable bonds is 3. The smallest absolute Gasteiger partial charge is 0.153 e. The molecule has 5 heteroatoms. The summed E-state index contributed by atoms with van der Waals surface area (Å²) in [5.41, 5.74) is 3.88. The Bertz CT molecular complexity index is 750. The maximum Gasteiger partial charge on any atom is 0.153 e. The molecular weight excluding hydrogens is 252 g/mol. The Morgan fingerprint density at radius 3 is 2.65 bits per heavy atom. The van der Waals surface area contributed by atoms with E-state index in [4.69, 9.17) is 0 Å². The van der Waals surface area contributed by atoms with Crippen LogP contribution in [0.4, 0.5) is 0 Å². The molecule has 3 aromatic rings. The first-order valence-corrected chi connectivity index (χ1v) is 6.15. The predicted molar refractivity (Wildman–Crippen MR) is 74.7 cm³/mol. The minimum Gasteiger partial charge on any atom is -0.298 e. The molecule has 0 aliphatic rings. The van der Waals surface area contributed by atoms with Gasteiger partial charge in [-0.1, -0.05) is 0 Å². The number of carbonyl (C=O) groups excluding carboxylic acids is 1. The Kier molecular flexibility index (Phi) is 3.09. The molecule has 3 rings (SSSR count). The molecule has 0 N–H and O–H groups in total. The Morgan fingerprint density at radius 2 is 1.95 bits per heavy atom. The SMILES string of the molecule is Cc1cncc(-c2nn(-c3ccncc3)cc2C=O)c1. The molecular formula is C15H12N4O. The largest absolute Gasteiger partial charge is 0.298 e. The van der Waals surface area contributed by atoms with Crippen molar-refractivity contribution in [2.24, 2.45) is 0 Å². The number of hydrogen-bond donors (Lipinski definition) is 0. The minimum atomic E-state index is 0.536. The molecule has 0 radical (unpaired) electrons. The van der Waals surface area contributed by atoms with Gasteiger partial charge in [0, 0.05) is 36.5 Å². The van der Waals surface area contributed by atoms with Crippen LogP contribution < -0.4 is 0 Å². The van der Waals surface area contributed by atoms with Gasteiger partial charge >= 0.3 is 0 Å². The second-order valence-electron chi connectivity index (χ2n) is 4.45. The molecule has 3 heterocycles. The average Bonchev–Trinajstić information content (AvgIpc) is 2.92. The van der Waals surface area contributed by atoms with E-state index in [0.717, 1.165) is 23.1 Å². The van der Waals surface area contributed by atoms with E-state index >= 15 is 0 Å². The standard InChI is InChI=1S/C15H12N4O/c1-11-6-12(8-17-7-11)15-13(10-20)9-19(18-15)14-2-4-16-5-3-14/h2-10H,1H3. The summed E-state index contributed by atoms with van der Waals surface area (Å²) in [7, 11) is 0. The summed E-state index contributed by atoms with van der Waals surface area (Å²) in [4.78, 5) is 19.4. The van der Waals surface area contributed by atoms with Crippen LogP contribution >= 0.6 is 0 Å². The number of aldehydes is 1. The summed E-state index contributed by atoms with van der Waals surface area (Å²) < 4.78 is 1.67. The highest BCUT2D eigenvalue weighted by Crippen LogP contribution is 2.22. The summed E-state index contributed by atoms with van der Waals surface area (Å²) in [6, 6.07) is 5.62. The summed E-state index contributed by atoms with van der Waals surface area (Å²) >= 11 is 0. The Hall–Kier alpha value is -2.82. The van der Waals surface area contributed by atoms with Gasteiger partial charge in [-0.05, 0) is 30.7 Å². The van der Waals surface area contributed by atoms with Crippen LogP contribution in [-0.4, -0.2) is 26.0 Å². The number of aromatic nitrogens is 4. The zero-order chi connectivity index (χ0) is 13.9. The van der Waals surface area contributed by atoms with Crippen LogP contribution in [-0.2, 0) is 0 Å². The minimum absolute atomic E-state index is 0.536. The molecule has 5 nitrogen and oxygen atoms in total. The van der Waals surface area contributed by atoms with E-state index in [-0.39, 0.29) is 0 Å². The second-order valence-corrected chi connectivity index (χ2v) is 4.45. The highest BCUT2D eigenvalue weighted by Gasteiger charge is 2.12. The van der Waals surface area contributed by atoms with Crippen LogP contribution in [0.1, 0.15) is 15.9 Å². The second kappa shape index (κ2) is 5.05. The van der Waals surface area contributed by atoms with Crippen molar-refractivity contribution in [2.45, 2.75) is 6.92 Å². The van der Waals surface area contributed by atoms with Crippen molar-refractivity contribution in [1.29, 1.82) is 0 Å². The summed E-state index contributed by atoms with van der Waals surface area (Å²) in [5.74, 6) is 0. The van der Waals surface area contributed by atoms with Crippen LogP contribution in [0.5, 0.6) is 0 Å². The van der Waals surface area contributed by atoms with Crippen molar-refractivity contribution in [3.63, 3.8) is 0 Å². The third kappa shape index (κ3) is 2.21. The lowest BCUT2D eigenvalue weighted by atomic mass is 10.1. The quantitative estimate of drug-likeness (QED) is 0.682. The van der Waals surface area contributed by atoms with Gasteiger partial charge in [0.05, 0.1) is 11.3 Å². The summed E-state index contributed by atoms with van der Waals surface area (Å²) in [6.07, 6.45) is 9.36. The van der Waals surface area contributed by atoms with Gasteiger partial charge < -0.3 is 0 Å². The molecule has 0 aromatic carbocycles. The van der Waals surface area contributed by atoms with E-state index in [2.05, 4.69) is 15.1 Å². The molecule has 20 heavy (non-hydrogen) atoms. The van der Waals surface area contributed by atoms with Crippen LogP contribution in [0.3, 0.4) is 0 Å². The fraction of sp³-hybridized carbons (Fsp3) is 0.0667. The van der Waals surface area contributed by atoms with Crippen molar-refractivity contribution in [2.75, 3.05) is 0 Å². The van der Waals surface area contributed by atoms with Gasteiger partial charge in [-0.2, -0.15) is 5.10 Å². The van der Waals surface area contributed by atoms with Gasteiger partial charge in [0.2, 0.25) is 0 Å². The van der Waals surface area contributed by atoms with Crippen LogP contribution in [0.15, 0.2) is 49.2 Å². The van der Waals surface area contributed by atoms with Crippen LogP contribution in [0.2, 0.25) is 0 Å². The molecule has 0 fully saturated rings. The fourth-order valence-corrected chi connectivity index (χ4v) is 2.01. The van der Waals surface area contributed by atoms with Crippen LogP contribution in [0, 0.1) is 6.92 Å². The molecule has 0 atom stereocenters. The molecule has 3 aromatic heterocycles. The monoisotopic (exact) mass is 264 g/mol. The number of pyridine rings is 2. The van der Waals surface area contributed by atoms with Crippen molar-refractivity contribution in [3.8, 4) is 16.9 Å². The number of carbonyl (C=O) groups is 1. The van der Waals surface area contributed by atoms with E-state index in [1.54, 1.807) is 35.7 Å². The van der Waals surface area contributed by atoms with Crippen LogP contribution in [0.25, 0.3) is 16.9 Å². The van der Waals surface area contributed by atoms with Crippen molar-refractivity contribution in [3.05, 3.63) is 60.3 Å². The molecule has 0 unspecified atom stereocenters. The Balaban J connectivity index is 2.13. The molecule has 0 bridgehead atoms. The molecule has 0 saturated carbocycles. The molecule has 0 amide bonds. The maximum atomic E-state index is 11.2. The third-order valence-electron chi connectivity index (χ3n) is 2.95. The normalized spacial score (nSPS) is 10.4. The average molecular weight is 264 g/mol. The Labute approximate surface area is 115 Å². The fourth-order valence-electron chi connectivity index (χ4n) is 2.01. The van der Waals surface area contributed by atoms with E-state index in [1.807, 2.05) is 25.1 Å². The lowest BCUT2D eigenvalue weighted by Crippen LogP contribution is -1.94. The third-order valence-corrected chi connectivity index (χ3v) is 2.95. The van der Waals surface area contributed by atoms with E-state index in [9.17, 15) is 4.79 Å². The number of aryl methyl sites for hydroxylation is 1. The molecule has 0 aliphatic carbocycles. The van der Waals surface area contributed by atoms with E-state index in [0.29, 0.717) is 11.3 Å². The topological polar surface area (TPSA) is 60.7 Å². The first-order chi connectivity index (χ1) is 9.78. The molecule has 98 valence electrons. The van der Waals surface area contributed by atoms with Gasteiger partial charge in [0.15, 0.2) is 6.29 Å². The van der Waals surface area contributed by atoms with Gasteiger partial charge in [0.1, 0.15) is 5.69 Å². The number of nitrogens with zero attached hydrogens (tertiary/aromatic N) is 4.